The first-order valence-corrected chi connectivity index (χ1v) is 14.5. The van der Waals surface area contributed by atoms with Crippen LogP contribution in [0.25, 0.3) is 0 Å². The molecular weight excluding hydrogens is 439 g/mol. The summed E-state index contributed by atoms with van der Waals surface area (Å²) in [5.74, 6) is -1.58. The number of ether oxygens (including phenoxy) is 2. The Morgan fingerprint density at radius 1 is 1.21 bits per heavy atom. The van der Waals surface area contributed by atoms with Gasteiger partial charge in [-0.3, -0.25) is 4.57 Å². The molecule has 2 heterocycles. The predicted octanol–water partition coefficient (Wildman–Crippen LogP) is 6.28. The van der Waals surface area contributed by atoms with Crippen molar-refractivity contribution in [1.29, 1.82) is 0 Å². The van der Waals surface area contributed by atoms with Crippen LogP contribution < -0.4 is 10.4 Å². The van der Waals surface area contributed by atoms with Crippen molar-refractivity contribution >= 4 is 8.32 Å². The second kappa shape index (κ2) is 8.96. The summed E-state index contributed by atoms with van der Waals surface area (Å²) in [7, 11) is -2.26. The van der Waals surface area contributed by atoms with E-state index in [4.69, 9.17) is 13.9 Å². The van der Waals surface area contributed by atoms with Gasteiger partial charge in [0.1, 0.15) is 5.75 Å². The minimum atomic E-state index is -2.26. The number of aromatic nitrogens is 2. The highest BCUT2D eigenvalue weighted by Gasteiger charge is 2.56. The van der Waals surface area contributed by atoms with Crippen LogP contribution in [0.1, 0.15) is 58.4 Å². The Balaban J connectivity index is 1.96. The average Bonchev–Trinajstić information content (AvgIpc) is 2.95. The van der Waals surface area contributed by atoms with E-state index in [9.17, 15) is 4.79 Å². The molecule has 6 nitrogen and oxygen atoms in total. The fourth-order valence-electron chi connectivity index (χ4n) is 3.88. The Morgan fingerprint density at radius 2 is 1.82 bits per heavy atom. The molecule has 0 bridgehead atoms. The topological polar surface area (TPSA) is 62.6 Å². The van der Waals surface area contributed by atoms with Gasteiger partial charge in [0.2, 0.25) is 11.7 Å². The maximum Gasteiger partial charge on any atom is 0.353 e. The molecule has 8 heteroatoms. The number of alkyl halides is 1. The molecule has 1 aromatic heterocycles. The van der Waals surface area contributed by atoms with Gasteiger partial charge in [-0.25, -0.2) is 9.18 Å². The van der Waals surface area contributed by atoms with Crippen LogP contribution in [-0.4, -0.2) is 29.8 Å². The Morgan fingerprint density at radius 3 is 2.33 bits per heavy atom. The fraction of sp³-hybridized carbons (Fsp3) is 0.600. The third-order valence-electron chi connectivity index (χ3n) is 7.18. The highest BCUT2D eigenvalue weighted by Crippen LogP contribution is 2.49. The van der Waals surface area contributed by atoms with Crippen molar-refractivity contribution in [2.75, 3.05) is 0 Å². The Kier molecular flexibility index (Phi) is 6.95. The van der Waals surface area contributed by atoms with Gasteiger partial charge < -0.3 is 13.9 Å². The number of hydrogen-bond donors (Lipinski definition) is 0. The first kappa shape index (κ1) is 25.6. The summed E-state index contributed by atoms with van der Waals surface area (Å²) < 4.78 is 35.3. The summed E-state index contributed by atoms with van der Waals surface area (Å²) in [6.45, 7) is 18.0. The largest absolute Gasteiger partial charge is 0.438 e. The molecule has 0 saturated carbocycles. The quantitative estimate of drug-likeness (QED) is 0.459. The SMILES string of the molecule is CC[C@@]1(F)O[C@@H](n2ccc(Oc3c(C)cccc3C)nc2=O)[C@H](O[Si](C)(C)C(C)(C)C)[C@@H]1C. The Bertz CT molecular complexity index is 1040. The summed E-state index contributed by atoms with van der Waals surface area (Å²) in [6.07, 6.45) is 0.200. The summed E-state index contributed by atoms with van der Waals surface area (Å²) in [5, 5.41) is -0.0721. The molecule has 1 aliphatic heterocycles. The van der Waals surface area contributed by atoms with Crippen LogP contribution in [0.3, 0.4) is 0 Å². The number of benzene rings is 1. The van der Waals surface area contributed by atoms with E-state index in [1.807, 2.05) is 32.0 Å². The Labute approximate surface area is 197 Å². The molecule has 0 N–H and O–H groups in total. The summed E-state index contributed by atoms with van der Waals surface area (Å²) >= 11 is 0. The normalized spacial score (nSPS) is 25.9. The van der Waals surface area contributed by atoms with Crippen LogP contribution >= 0.6 is 0 Å². The molecule has 0 spiro atoms. The smallest absolute Gasteiger partial charge is 0.353 e. The highest BCUT2D eigenvalue weighted by atomic mass is 28.4. The van der Waals surface area contributed by atoms with Gasteiger partial charge >= 0.3 is 5.69 Å². The van der Waals surface area contributed by atoms with Gasteiger partial charge in [-0.15, -0.1) is 0 Å². The van der Waals surface area contributed by atoms with Gasteiger partial charge in [0.25, 0.3) is 0 Å². The Hall–Kier alpha value is -2.03. The molecule has 4 atom stereocenters. The minimum Gasteiger partial charge on any atom is -0.438 e. The summed E-state index contributed by atoms with van der Waals surface area (Å²) in [4.78, 5) is 17.1. The second-order valence-electron chi connectivity index (χ2n) is 10.6. The predicted molar refractivity (Wildman–Crippen MR) is 130 cm³/mol. The van der Waals surface area contributed by atoms with Gasteiger partial charge in [0.05, 0.1) is 6.10 Å². The van der Waals surface area contributed by atoms with Gasteiger partial charge in [0, 0.05) is 24.6 Å². The molecule has 3 rings (SSSR count). The zero-order chi connectivity index (χ0) is 24.8. The minimum absolute atomic E-state index is 0.0721. The molecule has 0 amide bonds. The van der Waals surface area contributed by atoms with Crippen molar-refractivity contribution in [3.05, 3.63) is 52.1 Å². The lowest BCUT2D eigenvalue weighted by Gasteiger charge is -2.40. The third kappa shape index (κ3) is 4.93. The number of aryl methyl sites for hydroxylation is 2. The van der Waals surface area contributed by atoms with Crippen molar-refractivity contribution in [1.82, 2.24) is 9.55 Å². The molecule has 0 unspecified atom stereocenters. The van der Waals surface area contributed by atoms with Crippen molar-refractivity contribution in [3.8, 4) is 11.6 Å². The number of nitrogens with zero attached hydrogens (tertiary/aromatic N) is 2. The van der Waals surface area contributed by atoms with E-state index in [-0.39, 0.29) is 17.3 Å². The van der Waals surface area contributed by atoms with Crippen molar-refractivity contribution in [2.24, 2.45) is 5.92 Å². The van der Waals surface area contributed by atoms with Crippen LogP contribution in [0.15, 0.2) is 35.3 Å². The second-order valence-corrected chi connectivity index (χ2v) is 15.3. The molecule has 2 aromatic rings. The summed E-state index contributed by atoms with van der Waals surface area (Å²) in [6, 6.07) is 7.42. The van der Waals surface area contributed by atoms with E-state index >= 15 is 4.39 Å². The maximum absolute atomic E-state index is 15.6. The van der Waals surface area contributed by atoms with Crippen molar-refractivity contribution in [2.45, 2.75) is 91.2 Å². The number of hydrogen-bond acceptors (Lipinski definition) is 5. The van der Waals surface area contributed by atoms with Crippen LogP contribution in [0, 0.1) is 19.8 Å². The van der Waals surface area contributed by atoms with Crippen LogP contribution in [0.2, 0.25) is 18.1 Å². The highest BCUT2D eigenvalue weighted by molar-refractivity contribution is 6.74. The number of rotatable bonds is 6. The van der Waals surface area contributed by atoms with Gasteiger partial charge in [-0.2, -0.15) is 4.98 Å². The van der Waals surface area contributed by atoms with E-state index in [2.05, 4.69) is 38.8 Å². The van der Waals surface area contributed by atoms with E-state index < -0.39 is 38.1 Å². The lowest BCUT2D eigenvalue weighted by molar-refractivity contribution is -0.173. The number of para-hydroxylation sites is 1. The number of halogens is 1. The summed E-state index contributed by atoms with van der Waals surface area (Å²) in [5.41, 5.74) is 1.32. The first-order chi connectivity index (χ1) is 15.2. The molecule has 182 valence electrons. The molecule has 1 aromatic carbocycles. The van der Waals surface area contributed by atoms with E-state index in [1.165, 1.54) is 4.57 Å². The molecule has 0 radical (unpaired) electrons. The van der Waals surface area contributed by atoms with E-state index in [1.54, 1.807) is 26.1 Å². The zero-order valence-electron chi connectivity index (χ0n) is 21.2. The van der Waals surface area contributed by atoms with Gasteiger partial charge in [-0.1, -0.05) is 52.8 Å². The lowest BCUT2D eigenvalue weighted by atomic mass is 9.96. The van der Waals surface area contributed by atoms with Crippen LogP contribution in [0.5, 0.6) is 11.6 Å². The molecule has 33 heavy (non-hydrogen) atoms. The monoisotopic (exact) mass is 476 g/mol. The molecule has 1 saturated heterocycles. The zero-order valence-corrected chi connectivity index (χ0v) is 22.2. The average molecular weight is 477 g/mol. The molecule has 1 fully saturated rings. The lowest BCUT2D eigenvalue weighted by Crippen LogP contribution is -2.48. The first-order valence-electron chi connectivity index (χ1n) is 11.6. The van der Waals surface area contributed by atoms with Gasteiger partial charge in [0.15, 0.2) is 14.5 Å². The molecule has 1 aliphatic rings. The molecule has 0 aliphatic carbocycles. The van der Waals surface area contributed by atoms with Gasteiger partial charge in [-0.05, 0) is 43.1 Å². The van der Waals surface area contributed by atoms with E-state index in [0.717, 1.165) is 11.1 Å². The fourth-order valence-corrected chi connectivity index (χ4v) is 5.23. The van der Waals surface area contributed by atoms with E-state index in [0.29, 0.717) is 5.75 Å². The maximum atomic E-state index is 15.6. The van der Waals surface area contributed by atoms with Crippen LogP contribution in [0.4, 0.5) is 4.39 Å². The van der Waals surface area contributed by atoms with Crippen molar-refractivity contribution in [3.63, 3.8) is 0 Å². The molecular formula is C25H37FN2O4Si. The van der Waals surface area contributed by atoms with Crippen molar-refractivity contribution < 1.29 is 18.3 Å². The third-order valence-corrected chi connectivity index (χ3v) is 11.7. The standard InChI is InChI=1S/C25H37FN2O4Si/c1-10-25(26)18(4)21(32-33(8,9)24(5,6)7)22(31-25)28-15-14-19(27-23(28)29)30-20-16(2)12-11-13-17(20)3/h11-15,18,21-22H,10H2,1-9H3/t18-,21+,22+,25+/m0/s1. The van der Waals surface area contributed by atoms with Crippen LogP contribution in [-0.2, 0) is 9.16 Å².